The molecule has 1 aliphatic carbocycles. The Kier molecular flexibility index (Phi) is 3.36. The summed E-state index contributed by atoms with van der Waals surface area (Å²) >= 11 is 0. The number of aryl methyl sites for hydroxylation is 1. The number of anilines is 1. The Morgan fingerprint density at radius 2 is 1.80 bits per heavy atom. The molecule has 0 aromatic carbocycles. The summed E-state index contributed by atoms with van der Waals surface area (Å²) < 4.78 is 0. The van der Waals surface area contributed by atoms with Crippen LogP contribution >= 0.6 is 0 Å². The van der Waals surface area contributed by atoms with Gasteiger partial charge in [-0.1, -0.05) is 0 Å². The number of carbonyl (C=O) groups is 1. The molecule has 1 saturated heterocycles. The van der Waals surface area contributed by atoms with E-state index in [1.807, 2.05) is 0 Å². The third-order valence-electron chi connectivity index (χ3n) is 4.52. The molecule has 0 bridgehead atoms. The van der Waals surface area contributed by atoms with Gasteiger partial charge in [-0.05, 0) is 39.5 Å². The summed E-state index contributed by atoms with van der Waals surface area (Å²) in [5, 5.41) is 0. The lowest BCUT2D eigenvalue weighted by atomic mass is 9.96. The van der Waals surface area contributed by atoms with Gasteiger partial charge < -0.3 is 10.6 Å². The molecule has 2 aliphatic rings. The number of hydrogen-bond acceptors (Lipinski definition) is 4. The minimum atomic E-state index is -0.168. The summed E-state index contributed by atoms with van der Waals surface area (Å²) in [4.78, 5) is 22.9. The topological polar surface area (TPSA) is 72.1 Å². The SMILES string of the molecule is Cc1nc(C2CC2)nc(N2CCC(C(N)=O)CC2)c1C. The lowest BCUT2D eigenvalue weighted by Gasteiger charge is -2.32. The van der Waals surface area contributed by atoms with Gasteiger partial charge in [0.05, 0.1) is 0 Å². The number of rotatable bonds is 3. The van der Waals surface area contributed by atoms with Gasteiger partial charge in [-0.3, -0.25) is 4.79 Å². The van der Waals surface area contributed by atoms with Crippen molar-refractivity contribution >= 4 is 11.7 Å². The molecule has 2 fully saturated rings. The van der Waals surface area contributed by atoms with Crippen molar-refractivity contribution in [1.29, 1.82) is 0 Å². The molecule has 0 unspecified atom stereocenters. The molecule has 1 aromatic rings. The van der Waals surface area contributed by atoms with Crippen molar-refractivity contribution in [1.82, 2.24) is 9.97 Å². The number of primary amides is 1. The van der Waals surface area contributed by atoms with Crippen LogP contribution in [-0.2, 0) is 4.79 Å². The highest BCUT2D eigenvalue weighted by Crippen LogP contribution is 2.39. The van der Waals surface area contributed by atoms with Crippen LogP contribution in [0, 0.1) is 19.8 Å². The van der Waals surface area contributed by atoms with Crippen LogP contribution < -0.4 is 10.6 Å². The normalized spacial score (nSPS) is 20.2. The van der Waals surface area contributed by atoms with Crippen LogP contribution in [0.1, 0.15) is 48.7 Å². The molecular weight excluding hydrogens is 252 g/mol. The Morgan fingerprint density at radius 3 is 2.35 bits per heavy atom. The van der Waals surface area contributed by atoms with Gasteiger partial charge in [0.25, 0.3) is 0 Å². The van der Waals surface area contributed by atoms with E-state index < -0.39 is 0 Å². The standard InChI is InChI=1S/C15H22N4O/c1-9-10(2)17-14(12-3-4-12)18-15(9)19-7-5-11(6-8-19)13(16)20/h11-12H,3-8H2,1-2H3,(H2,16,20). The van der Waals surface area contributed by atoms with E-state index in [1.54, 1.807) is 0 Å². The molecular formula is C15H22N4O. The molecule has 1 saturated carbocycles. The third kappa shape index (κ3) is 2.49. The summed E-state index contributed by atoms with van der Waals surface area (Å²) in [6.07, 6.45) is 4.09. The van der Waals surface area contributed by atoms with Gasteiger partial charge in [0.1, 0.15) is 11.6 Å². The first-order chi connectivity index (χ1) is 9.56. The largest absolute Gasteiger partial charge is 0.369 e. The van der Waals surface area contributed by atoms with E-state index in [-0.39, 0.29) is 11.8 Å². The Morgan fingerprint density at radius 1 is 1.15 bits per heavy atom. The molecule has 0 atom stereocenters. The first kappa shape index (κ1) is 13.3. The second kappa shape index (κ2) is 5.04. The maximum atomic E-state index is 11.2. The Hall–Kier alpha value is -1.65. The molecule has 2 heterocycles. The van der Waals surface area contributed by atoms with Crippen LogP contribution in [0.5, 0.6) is 0 Å². The van der Waals surface area contributed by atoms with E-state index in [9.17, 15) is 4.79 Å². The van der Waals surface area contributed by atoms with Crippen molar-refractivity contribution < 1.29 is 4.79 Å². The average molecular weight is 274 g/mol. The van der Waals surface area contributed by atoms with E-state index in [1.165, 1.54) is 12.8 Å². The molecule has 108 valence electrons. The summed E-state index contributed by atoms with van der Waals surface area (Å²) in [6.45, 7) is 5.86. The smallest absolute Gasteiger partial charge is 0.220 e. The molecule has 2 N–H and O–H groups in total. The van der Waals surface area contributed by atoms with Crippen molar-refractivity contribution in [3.05, 3.63) is 17.1 Å². The van der Waals surface area contributed by atoms with Crippen LogP contribution in [0.4, 0.5) is 5.82 Å². The van der Waals surface area contributed by atoms with Crippen molar-refractivity contribution in [2.24, 2.45) is 11.7 Å². The monoisotopic (exact) mass is 274 g/mol. The highest BCUT2D eigenvalue weighted by Gasteiger charge is 2.30. The number of amides is 1. The van der Waals surface area contributed by atoms with Crippen molar-refractivity contribution in [3.63, 3.8) is 0 Å². The molecule has 1 amide bonds. The molecule has 0 radical (unpaired) electrons. The zero-order valence-electron chi connectivity index (χ0n) is 12.2. The molecule has 5 heteroatoms. The molecule has 3 rings (SSSR count). The van der Waals surface area contributed by atoms with Crippen LogP contribution in [-0.4, -0.2) is 29.0 Å². The summed E-state index contributed by atoms with van der Waals surface area (Å²) in [6, 6.07) is 0. The maximum absolute atomic E-state index is 11.2. The number of nitrogens with zero attached hydrogens (tertiary/aromatic N) is 3. The highest BCUT2D eigenvalue weighted by atomic mass is 16.1. The highest BCUT2D eigenvalue weighted by molar-refractivity contribution is 5.77. The van der Waals surface area contributed by atoms with Gasteiger partial charge in [0, 0.05) is 36.2 Å². The van der Waals surface area contributed by atoms with Gasteiger partial charge in [0.2, 0.25) is 5.91 Å². The van der Waals surface area contributed by atoms with Crippen LogP contribution in [0.15, 0.2) is 0 Å². The van der Waals surface area contributed by atoms with Gasteiger partial charge in [-0.2, -0.15) is 0 Å². The van der Waals surface area contributed by atoms with Gasteiger partial charge in [-0.15, -0.1) is 0 Å². The zero-order chi connectivity index (χ0) is 14.3. The summed E-state index contributed by atoms with van der Waals surface area (Å²) in [7, 11) is 0. The predicted molar refractivity (Wildman–Crippen MR) is 77.6 cm³/mol. The number of hydrogen-bond donors (Lipinski definition) is 1. The fourth-order valence-electron chi connectivity index (χ4n) is 2.84. The summed E-state index contributed by atoms with van der Waals surface area (Å²) in [5.74, 6) is 2.48. The van der Waals surface area contributed by atoms with Gasteiger partial charge >= 0.3 is 0 Å². The van der Waals surface area contributed by atoms with Crippen LogP contribution in [0.3, 0.4) is 0 Å². The molecule has 20 heavy (non-hydrogen) atoms. The van der Waals surface area contributed by atoms with E-state index in [4.69, 9.17) is 10.7 Å². The molecule has 0 spiro atoms. The van der Waals surface area contributed by atoms with Gasteiger partial charge in [0.15, 0.2) is 0 Å². The Labute approximate surface area is 119 Å². The molecule has 1 aliphatic heterocycles. The number of nitrogens with two attached hydrogens (primary N) is 1. The first-order valence-corrected chi connectivity index (χ1v) is 7.45. The van der Waals surface area contributed by atoms with Crippen molar-refractivity contribution in [2.45, 2.75) is 45.4 Å². The first-order valence-electron chi connectivity index (χ1n) is 7.45. The fourth-order valence-corrected chi connectivity index (χ4v) is 2.84. The van der Waals surface area contributed by atoms with Crippen LogP contribution in [0.2, 0.25) is 0 Å². The lowest BCUT2D eigenvalue weighted by molar-refractivity contribution is -0.122. The number of aromatic nitrogens is 2. The molecule has 1 aromatic heterocycles. The third-order valence-corrected chi connectivity index (χ3v) is 4.52. The predicted octanol–water partition coefficient (Wildman–Crippen LogP) is 1.67. The minimum Gasteiger partial charge on any atom is -0.369 e. The van der Waals surface area contributed by atoms with Crippen molar-refractivity contribution in [3.8, 4) is 0 Å². The Balaban J connectivity index is 1.81. The van der Waals surface area contributed by atoms with E-state index >= 15 is 0 Å². The number of piperidine rings is 1. The average Bonchev–Trinajstić information content (AvgIpc) is 3.26. The number of carbonyl (C=O) groups excluding carboxylic acids is 1. The summed E-state index contributed by atoms with van der Waals surface area (Å²) in [5.41, 5.74) is 7.63. The lowest BCUT2D eigenvalue weighted by Crippen LogP contribution is -2.39. The second-order valence-corrected chi connectivity index (χ2v) is 6.05. The quantitative estimate of drug-likeness (QED) is 0.910. The van der Waals surface area contributed by atoms with Gasteiger partial charge in [-0.25, -0.2) is 9.97 Å². The van der Waals surface area contributed by atoms with E-state index in [2.05, 4.69) is 23.7 Å². The maximum Gasteiger partial charge on any atom is 0.220 e. The molecule has 5 nitrogen and oxygen atoms in total. The Bertz CT molecular complexity index is 531. The fraction of sp³-hybridized carbons (Fsp3) is 0.667. The van der Waals surface area contributed by atoms with E-state index in [0.717, 1.165) is 48.8 Å². The zero-order valence-corrected chi connectivity index (χ0v) is 12.2. The second-order valence-electron chi connectivity index (χ2n) is 6.05. The van der Waals surface area contributed by atoms with E-state index in [0.29, 0.717) is 5.92 Å². The van der Waals surface area contributed by atoms with Crippen LogP contribution in [0.25, 0.3) is 0 Å². The van der Waals surface area contributed by atoms with Crippen molar-refractivity contribution in [2.75, 3.05) is 18.0 Å². The minimum absolute atomic E-state index is 0.0254.